The Hall–Kier alpha value is -2.83. The van der Waals surface area contributed by atoms with Crippen molar-refractivity contribution in [1.82, 2.24) is 9.80 Å². The van der Waals surface area contributed by atoms with Crippen LogP contribution in [0.4, 0.5) is 0 Å². The summed E-state index contributed by atoms with van der Waals surface area (Å²) in [6.07, 6.45) is 2.76. The molecule has 0 spiro atoms. The van der Waals surface area contributed by atoms with E-state index in [0.717, 1.165) is 44.2 Å². The van der Waals surface area contributed by atoms with Gasteiger partial charge in [0.2, 0.25) is 0 Å². The largest absolute Gasteiger partial charge is 0.478 e. The predicted octanol–water partition coefficient (Wildman–Crippen LogP) is 4.33. The third-order valence-electron chi connectivity index (χ3n) is 5.69. The van der Waals surface area contributed by atoms with Crippen molar-refractivity contribution >= 4 is 35.3 Å². The van der Waals surface area contributed by atoms with Gasteiger partial charge in [-0.2, -0.15) is 5.26 Å². The number of carboxylic acid groups (broad SMARTS) is 2. The second-order valence-electron chi connectivity index (χ2n) is 7.91. The highest BCUT2D eigenvalue weighted by atomic mass is 35.5. The molecule has 0 aromatic heterocycles. The summed E-state index contributed by atoms with van der Waals surface area (Å²) in [6, 6.07) is 17.7. The Bertz CT molecular complexity index is 1080. The van der Waals surface area contributed by atoms with Crippen molar-refractivity contribution in [3.63, 3.8) is 0 Å². The fraction of sp³-hybridized carbons (Fsp3) is 0.320. The highest BCUT2D eigenvalue weighted by molar-refractivity contribution is 7.99. The number of carbonyl (C=O) groups is 2. The lowest BCUT2D eigenvalue weighted by Gasteiger charge is -2.39. The summed E-state index contributed by atoms with van der Waals surface area (Å²) in [5.74, 6) is -2.51. The highest BCUT2D eigenvalue weighted by Gasteiger charge is 2.30. The lowest BCUT2D eigenvalue weighted by molar-refractivity contribution is -0.134. The molecule has 178 valence electrons. The monoisotopic (exact) mass is 499 g/mol. The van der Waals surface area contributed by atoms with Gasteiger partial charge in [0.25, 0.3) is 0 Å². The Kier molecular flexibility index (Phi) is 9.54. The minimum atomic E-state index is -1.26. The molecule has 4 rings (SSSR count). The first-order valence-electron chi connectivity index (χ1n) is 10.9. The highest BCUT2D eigenvalue weighted by Crippen LogP contribution is 2.43. The summed E-state index contributed by atoms with van der Waals surface area (Å²) in [5, 5.41) is 25.2. The van der Waals surface area contributed by atoms with E-state index in [-0.39, 0.29) is 0 Å². The van der Waals surface area contributed by atoms with Crippen LogP contribution in [-0.4, -0.2) is 64.7 Å². The second kappa shape index (κ2) is 12.6. The van der Waals surface area contributed by atoms with E-state index in [1.807, 2.05) is 17.8 Å². The van der Waals surface area contributed by atoms with Crippen LogP contribution in [0.2, 0.25) is 5.02 Å². The number of aliphatic carboxylic acids is 2. The molecular formula is C25H26ClN3O4S. The standard InChI is InChI=1S/C21H22ClN3S.C4H4O4/c22-17-6-7-21-18(15-17)19(14-16-4-1-2-5-20(16)26-21)25-12-10-24(11-13-25)9-3-8-23;5-3(6)1-2-4(7)8/h1-2,4-7,15,19H,3,9-14H2;1-2H,(H,5,6)(H,7,8)/b;2-1-. The average molecular weight is 500 g/mol. The van der Waals surface area contributed by atoms with Gasteiger partial charge in [-0.05, 0) is 41.8 Å². The van der Waals surface area contributed by atoms with Crippen LogP contribution in [0.15, 0.2) is 64.4 Å². The number of halogens is 1. The van der Waals surface area contributed by atoms with Gasteiger partial charge in [-0.25, -0.2) is 9.59 Å². The summed E-state index contributed by atoms with van der Waals surface area (Å²) in [7, 11) is 0. The molecule has 1 atom stereocenters. The molecule has 2 aromatic carbocycles. The summed E-state index contributed by atoms with van der Waals surface area (Å²) in [4.78, 5) is 26.8. The Balaban J connectivity index is 0.000000350. The molecule has 2 N–H and O–H groups in total. The van der Waals surface area contributed by atoms with Gasteiger partial charge in [-0.15, -0.1) is 0 Å². The molecule has 0 saturated carbocycles. The Labute approximate surface area is 208 Å². The van der Waals surface area contributed by atoms with Gasteiger partial charge in [0, 0.05) is 72.2 Å². The van der Waals surface area contributed by atoms with E-state index < -0.39 is 11.9 Å². The maximum absolute atomic E-state index is 9.55. The number of piperazine rings is 1. The third-order valence-corrected chi connectivity index (χ3v) is 7.14. The average Bonchev–Trinajstić information content (AvgIpc) is 2.99. The van der Waals surface area contributed by atoms with Gasteiger partial charge in [0.1, 0.15) is 0 Å². The van der Waals surface area contributed by atoms with Crippen LogP contribution in [0.25, 0.3) is 0 Å². The van der Waals surface area contributed by atoms with Crippen molar-refractivity contribution in [2.75, 3.05) is 32.7 Å². The van der Waals surface area contributed by atoms with Gasteiger partial charge in [-0.3, -0.25) is 9.80 Å². The number of rotatable bonds is 5. The molecule has 0 bridgehead atoms. The minimum absolute atomic E-state index is 0.359. The van der Waals surface area contributed by atoms with Crippen molar-refractivity contribution in [1.29, 1.82) is 5.26 Å². The van der Waals surface area contributed by atoms with Crippen LogP contribution < -0.4 is 0 Å². The lowest BCUT2D eigenvalue weighted by atomic mass is 9.96. The van der Waals surface area contributed by atoms with Gasteiger partial charge in [-0.1, -0.05) is 41.6 Å². The van der Waals surface area contributed by atoms with Crippen LogP contribution >= 0.6 is 23.4 Å². The number of nitrogens with zero attached hydrogens (tertiary/aromatic N) is 3. The summed E-state index contributed by atoms with van der Waals surface area (Å²) in [5.41, 5.74) is 2.77. The first-order valence-corrected chi connectivity index (χ1v) is 12.1. The van der Waals surface area contributed by atoms with Crippen molar-refractivity contribution < 1.29 is 19.8 Å². The van der Waals surface area contributed by atoms with Crippen LogP contribution in [0, 0.1) is 11.3 Å². The van der Waals surface area contributed by atoms with Crippen molar-refractivity contribution in [2.45, 2.75) is 28.7 Å². The maximum Gasteiger partial charge on any atom is 0.328 e. The molecule has 1 fully saturated rings. The van der Waals surface area contributed by atoms with E-state index in [9.17, 15) is 9.59 Å². The zero-order chi connectivity index (χ0) is 24.5. The molecule has 1 unspecified atom stereocenters. The second-order valence-corrected chi connectivity index (χ2v) is 9.43. The van der Waals surface area contributed by atoms with E-state index in [2.05, 4.69) is 52.3 Å². The normalized spacial score (nSPS) is 18.1. The molecule has 9 heteroatoms. The predicted molar refractivity (Wildman–Crippen MR) is 131 cm³/mol. The van der Waals surface area contributed by atoms with Gasteiger partial charge < -0.3 is 10.2 Å². The van der Waals surface area contributed by atoms with Crippen LogP contribution in [0.1, 0.15) is 23.6 Å². The van der Waals surface area contributed by atoms with Gasteiger partial charge in [0.15, 0.2) is 0 Å². The number of carboxylic acids is 2. The number of hydrogen-bond donors (Lipinski definition) is 2. The molecule has 2 aliphatic heterocycles. The summed E-state index contributed by atoms with van der Waals surface area (Å²) < 4.78 is 0. The molecule has 7 nitrogen and oxygen atoms in total. The molecule has 2 aromatic rings. The maximum atomic E-state index is 9.55. The van der Waals surface area contributed by atoms with Gasteiger partial charge in [0.05, 0.1) is 6.07 Å². The first kappa shape index (κ1) is 25.8. The molecule has 0 radical (unpaired) electrons. The van der Waals surface area contributed by atoms with Crippen LogP contribution in [0.3, 0.4) is 0 Å². The van der Waals surface area contributed by atoms with Crippen LogP contribution in [-0.2, 0) is 16.0 Å². The number of benzene rings is 2. The Morgan fingerprint density at radius 2 is 1.74 bits per heavy atom. The van der Waals surface area contributed by atoms with E-state index in [1.54, 1.807) is 0 Å². The molecule has 1 saturated heterocycles. The van der Waals surface area contributed by atoms with Crippen molar-refractivity contribution in [2.24, 2.45) is 0 Å². The third kappa shape index (κ3) is 7.34. The lowest BCUT2D eigenvalue weighted by Crippen LogP contribution is -2.48. The Morgan fingerprint density at radius 3 is 2.38 bits per heavy atom. The molecule has 34 heavy (non-hydrogen) atoms. The quantitative estimate of drug-likeness (QED) is 0.585. The van der Waals surface area contributed by atoms with Gasteiger partial charge >= 0.3 is 11.9 Å². The molecule has 0 amide bonds. The topological polar surface area (TPSA) is 105 Å². The Morgan fingerprint density at radius 1 is 1.06 bits per heavy atom. The fourth-order valence-electron chi connectivity index (χ4n) is 4.06. The number of hydrogen-bond acceptors (Lipinski definition) is 6. The first-order chi connectivity index (χ1) is 16.4. The summed E-state index contributed by atoms with van der Waals surface area (Å²) in [6.45, 7) is 5.02. The van der Waals surface area contributed by atoms with Crippen molar-refractivity contribution in [3.8, 4) is 6.07 Å². The molecule has 2 aliphatic rings. The smallest absolute Gasteiger partial charge is 0.328 e. The van der Waals surface area contributed by atoms with Crippen LogP contribution in [0.5, 0.6) is 0 Å². The minimum Gasteiger partial charge on any atom is -0.478 e. The van der Waals surface area contributed by atoms with E-state index >= 15 is 0 Å². The number of fused-ring (bicyclic) bond motifs is 2. The zero-order valence-electron chi connectivity index (χ0n) is 18.6. The molecule has 2 heterocycles. The summed E-state index contributed by atoms with van der Waals surface area (Å²) >= 11 is 8.22. The fourth-order valence-corrected chi connectivity index (χ4v) is 5.35. The SMILES string of the molecule is N#CCCN1CCN(C2Cc3ccccc3Sc3ccc(Cl)cc32)CC1.O=C(O)/C=C\C(=O)O. The van der Waals surface area contributed by atoms with Crippen molar-refractivity contribution in [3.05, 3.63) is 70.8 Å². The molecule has 0 aliphatic carbocycles. The molecular weight excluding hydrogens is 474 g/mol. The van der Waals surface area contributed by atoms with E-state index in [4.69, 9.17) is 27.1 Å². The zero-order valence-corrected chi connectivity index (χ0v) is 20.1. The number of nitriles is 1. The van der Waals surface area contributed by atoms with E-state index in [0.29, 0.717) is 24.6 Å². The van der Waals surface area contributed by atoms with E-state index in [1.165, 1.54) is 20.9 Å².